The molecule has 0 bridgehead atoms. The van der Waals surface area contributed by atoms with Crippen LogP contribution in [0.1, 0.15) is 26.3 Å². The van der Waals surface area contributed by atoms with Gasteiger partial charge in [0, 0.05) is 19.1 Å². The van der Waals surface area contributed by atoms with Crippen LogP contribution in [0.4, 0.5) is 0 Å². The Bertz CT molecular complexity index is 375. The second kappa shape index (κ2) is 6.92. The summed E-state index contributed by atoms with van der Waals surface area (Å²) in [5.74, 6) is 0.933. The molecule has 106 valence electrons. The molecule has 0 N–H and O–H groups in total. The summed E-state index contributed by atoms with van der Waals surface area (Å²) in [7, 11) is 0. The lowest BCUT2D eigenvalue weighted by molar-refractivity contribution is -0.0564. The van der Waals surface area contributed by atoms with E-state index in [2.05, 4.69) is 37.8 Å². The van der Waals surface area contributed by atoms with E-state index in [4.69, 9.17) is 9.47 Å². The second-order valence-corrected chi connectivity index (χ2v) is 5.39. The largest absolute Gasteiger partial charge is 0.491 e. The Morgan fingerprint density at radius 1 is 1.32 bits per heavy atom. The summed E-state index contributed by atoms with van der Waals surface area (Å²) in [4.78, 5) is 2.44. The van der Waals surface area contributed by atoms with Crippen LogP contribution in [0.25, 0.3) is 0 Å². The van der Waals surface area contributed by atoms with E-state index in [-0.39, 0.29) is 6.10 Å². The van der Waals surface area contributed by atoms with Crippen LogP contribution in [0.15, 0.2) is 24.3 Å². The Hall–Kier alpha value is -1.06. The van der Waals surface area contributed by atoms with Gasteiger partial charge in [0.25, 0.3) is 0 Å². The van der Waals surface area contributed by atoms with Gasteiger partial charge in [-0.3, -0.25) is 4.90 Å². The molecular formula is C16H25NO2. The maximum Gasteiger partial charge on any atom is 0.119 e. The Balaban J connectivity index is 1.80. The van der Waals surface area contributed by atoms with E-state index in [0.717, 1.165) is 31.9 Å². The number of nitrogens with zero attached hydrogens (tertiary/aromatic N) is 1. The third-order valence-electron chi connectivity index (χ3n) is 3.67. The van der Waals surface area contributed by atoms with E-state index in [1.54, 1.807) is 0 Å². The van der Waals surface area contributed by atoms with E-state index < -0.39 is 0 Å². The molecule has 1 atom stereocenters. The molecule has 1 aliphatic rings. The lowest BCUT2D eigenvalue weighted by Crippen LogP contribution is -2.47. The van der Waals surface area contributed by atoms with Crippen LogP contribution in [0, 0.1) is 0 Å². The highest BCUT2D eigenvalue weighted by Gasteiger charge is 2.22. The Kier molecular flexibility index (Phi) is 5.23. The third kappa shape index (κ3) is 4.22. The summed E-state index contributed by atoms with van der Waals surface area (Å²) in [5.41, 5.74) is 1.34. The lowest BCUT2D eigenvalue weighted by atomic mass is 10.2. The molecule has 2 rings (SSSR count). The summed E-state index contributed by atoms with van der Waals surface area (Å²) in [6.07, 6.45) is 1.25. The minimum absolute atomic E-state index is 0.182. The van der Waals surface area contributed by atoms with Gasteiger partial charge in [0.1, 0.15) is 18.5 Å². The molecule has 19 heavy (non-hydrogen) atoms. The molecular weight excluding hydrogens is 238 g/mol. The van der Waals surface area contributed by atoms with Crippen LogP contribution in [-0.2, 0) is 11.2 Å². The Morgan fingerprint density at radius 3 is 2.68 bits per heavy atom. The monoisotopic (exact) mass is 263 g/mol. The Labute approximate surface area is 116 Å². The van der Waals surface area contributed by atoms with Gasteiger partial charge in [-0.25, -0.2) is 0 Å². The van der Waals surface area contributed by atoms with Gasteiger partial charge in [-0.1, -0.05) is 19.1 Å². The second-order valence-electron chi connectivity index (χ2n) is 5.39. The molecule has 1 fully saturated rings. The predicted octanol–water partition coefficient (Wildman–Crippen LogP) is 2.74. The molecule has 1 saturated heterocycles. The first-order chi connectivity index (χ1) is 9.19. The first kappa shape index (κ1) is 14.4. The molecule has 3 heteroatoms. The zero-order valence-corrected chi connectivity index (χ0v) is 12.3. The summed E-state index contributed by atoms with van der Waals surface area (Å²) < 4.78 is 11.6. The van der Waals surface area contributed by atoms with Crippen molar-refractivity contribution in [2.45, 2.75) is 39.3 Å². The number of morpholine rings is 1. The van der Waals surface area contributed by atoms with Gasteiger partial charge in [-0.05, 0) is 38.0 Å². The predicted molar refractivity (Wildman–Crippen MR) is 77.8 cm³/mol. The fourth-order valence-electron chi connectivity index (χ4n) is 2.32. The van der Waals surface area contributed by atoms with Crippen molar-refractivity contribution in [2.24, 2.45) is 0 Å². The quantitative estimate of drug-likeness (QED) is 0.815. The van der Waals surface area contributed by atoms with Crippen molar-refractivity contribution >= 4 is 0 Å². The number of ether oxygens (including phenoxy) is 2. The van der Waals surface area contributed by atoms with Crippen molar-refractivity contribution in [1.29, 1.82) is 0 Å². The molecule has 3 nitrogen and oxygen atoms in total. The molecule has 0 amide bonds. The lowest BCUT2D eigenvalue weighted by Gasteiger charge is -2.35. The SMILES string of the molecule is CCc1ccc(OCC2CN(C(C)C)CCO2)cc1. The molecule has 0 saturated carbocycles. The molecule has 1 unspecified atom stereocenters. The summed E-state index contributed by atoms with van der Waals surface area (Å²) in [6, 6.07) is 8.91. The highest BCUT2D eigenvalue weighted by atomic mass is 16.5. The molecule has 0 radical (unpaired) electrons. The molecule has 0 spiro atoms. The van der Waals surface area contributed by atoms with E-state index >= 15 is 0 Å². The van der Waals surface area contributed by atoms with Crippen molar-refractivity contribution in [3.63, 3.8) is 0 Å². The number of hydrogen-bond donors (Lipinski definition) is 0. The average Bonchev–Trinajstić information content (AvgIpc) is 2.46. The standard InChI is InChI=1S/C16H25NO2/c1-4-14-5-7-15(8-6-14)19-12-16-11-17(13(2)3)9-10-18-16/h5-8,13,16H,4,9-12H2,1-3H3. The van der Waals surface area contributed by atoms with Crippen molar-refractivity contribution < 1.29 is 9.47 Å². The zero-order valence-electron chi connectivity index (χ0n) is 12.3. The van der Waals surface area contributed by atoms with Gasteiger partial charge >= 0.3 is 0 Å². The van der Waals surface area contributed by atoms with Gasteiger partial charge in [-0.2, -0.15) is 0 Å². The van der Waals surface area contributed by atoms with E-state index in [1.807, 2.05) is 12.1 Å². The van der Waals surface area contributed by atoms with Crippen molar-refractivity contribution in [3.8, 4) is 5.75 Å². The van der Waals surface area contributed by atoms with Gasteiger partial charge in [0.05, 0.1) is 6.61 Å². The minimum atomic E-state index is 0.182. The molecule has 1 heterocycles. The highest BCUT2D eigenvalue weighted by Crippen LogP contribution is 2.15. The first-order valence-electron chi connectivity index (χ1n) is 7.26. The fraction of sp³-hybridized carbons (Fsp3) is 0.625. The first-order valence-corrected chi connectivity index (χ1v) is 7.26. The van der Waals surface area contributed by atoms with Crippen LogP contribution in [0.2, 0.25) is 0 Å². The number of benzene rings is 1. The van der Waals surface area contributed by atoms with Crippen molar-refractivity contribution in [3.05, 3.63) is 29.8 Å². The average molecular weight is 263 g/mol. The topological polar surface area (TPSA) is 21.7 Å². The number of hydrogen-bond acceptors (Lipinski definition) is 3. The van der Waals surface area contributed by atoms with Gasteiger partial charge in [0.15, 0.2) is 0 Å². The van der Waals surface area contributed by atoms with Gasteiger partial charge < -0.3 is 9.47 Å². The van der Waals surface area contributed by atoms with Gasteiger partial charge in [0.2, 0.25) is 0 Å². The molecule has 1 aliphatic heterocycles. The van der Waals surface area contributed by atoms with E-state index in [0.29, 0.717) is 12.6 Å². The van der Waals surface area contributed by atoms with E-state index in [9.17, 15) is 0 Å². The molecule has 0 aliphatic carbocycles. The van der Waals surface area contributed by atoms with Crippen LogP contribution in [0.3, 0.4) is 0 Å². The van der Waals surface area contributed by atoms with Crippen LogP contribution in [-0.4, -0.2) is 43.3 Å². The van der Waals surface area contributed by atoms with E-state index in [1.165, 1.54) is 5.56 Å². The van der Waals surface area contributed by atoms with Crippen LogP contribution in [0.5, 0.6) is 5.75 Å². The molecule has 1 aromatic carbocycles. The maximum absolute atomic E-state index is 5.82. The van der Waals surface area contributed by atoms with Crippen molar-refractivity contribution in [1.82, 2.24) is 4.90 Å². The van der Waals surface area contributed by atoms with Crippen LogP contribution < -0.4 is 4.74 Å². The minimum Gasteiger partial charge on any atom is -0.491 e. The summed E-state index contributed by atoms with van der Waals surface area (Å²) in [6.45, 7) is 10.0. The number of aryl methyl sites for hydroxylation is 1. The molecule has 0 aromatic heterocycles. The fourth-order valence-corrected chi connectivity index (χ4v) is 2.32. The summed E-state index contributed by atoms with van der Waals surface area (Å²) in [5, 5.41) is 0. The molecule has 1 aromatic rings. The van der Waals surface area contributed by atoms with Gasteiger partial charge in [-0.15, -0.1) is 0 Å². The van der Waals surface area contributed by atoms with Crippen LogP contribution >= 0.6 is 0 Å². The number of rotatable bonds is 5. The highest BCUT2D eigenvalue weighted by molar-refractivity contribution is 5.27. The normalized spacial score (nSPS) is 20.7. The Morgan fingerprint density at radius 2 is 2.05 bits per heavy atom. The maximum atomic E-state index is 5.82. The zero-order chi connectivity index (χ0) is 13.7. The smallest absolute Gasteiger partial charge is 0.119 e. The third-order valence-corrected chi connectivity index (χ3v) is 3.67. The summed E-state index contributed by atoms with van der Waals surface area (Å²) >= 11 is 0. The van der Waals surface area contributed by atoms with Crippen molar-refractivity contribution in [2.75, 3.05) is 26.3 Å².